The first kappa shape index (κ1) is 11.4. The van der Waals surface area contributed by atoms with Crippen molar-refractivity contribution in [1.29, 1.82) is 0 Å². The molecule has 86 valence electrons. The van der Waals surface area contributed by atoms with Crippen molar-refractivity contribution < 1.29 is 9.53 Å². The highest BCUT2D eigenvalue weighted by molar-refractivity contribution is 6.29. The Bertz CT molecular complexity index is 397. The number of aromatic nitrogens is 1. The fourth-order valence-corrected chi connectivity index (χ4v) is 1.89. The van der Waals surface area contributed by atoms with Gasteiger partial charge in [-0.1, -0.05) is 11.6 Å². The summed E-state index contributed by atoms with van der Waals surface area (Å²) in [6, 6.07) is 3.28. The number of hydrogen-bond acceptors (Lipinski definition) is 3. The molecule has 2 rings (SSSR count). The molecule has 0 saturated carbocycles. The van der Waals surface area contributed by atoms with Crippen molar-refractivity contribution in [2.24, 2.45) is 0 Å². The standard InChI is InChI=1S/C11H13ClN2O2/c1-7-9(3-5-16-7)14-11(15)8-2-4-13-10(12)6-8/h2,4,6-7,9H,3,5H2,1H3,(H,14,15). The first-order valence-electron chi connectivity index (χ1n) is 5.21. The number of halogens is 1. The highest BCUT2D eigenvalue weighted by Gasteiger charge is 2.25. The number of carbonyl (C=O) groups excluding carboxylic acids is 1. The molecular formula is C11H13ClN2O2. The normalized spacial score (nSPS) is 24.4. The molecule has 1 aliphatic heterocycles. The van der Waals surface area contributed by atoms with E-state index >= 15 is 0 Å². The highest BCUT2D eigenvalue weighted by Crippen LogP contribution is 2.14. The van der Waals surface area contributed by atoms with Crippen LogP contribution in [0.4, 0.5) is 0 Å². The van der Waals surface area contributed by atoms with E-state index in [9.17, 15) is 4.79 Å². The molecule has 0 radical (unpaired) electrons. The first-order valence-corrected chi connectivity index (χ1v) is 5.58. The lowest BCUT2D eigenvalue weighted by atomic mass is 10.1. The van der Waals surface area contributed by atoms with Crippen LogP contribution in [-0.4, -0.2) is 29.6 Å². The molecule has 1 aromatic heterocycles. The van der Waals surface area contributed by atoms with Gasteiger partial charge in [-0.15, -0.1) is 0 Å². The summed E-state index contributed by atoms with van der Waals surface area (Å²) in [5.41, 5.74) is 0.527. The summed E-state index contributed by atoms with van der Waals surface area (Å²) >= 11 is 5.72. The van der Waals surface area contributed by atoms with Gasteiger partial charge in [0.05, 0.1) is 12.1 Å². The molecule has 0 aliphatic carbocycles. The molecule has 1 aromatic rings. The molecule has 1 saturated heterocycles. The predicted octanol–water partition coefficient (Wildman–Crippen LogP) is 1.64. The number of pyridine rings is 1. The minimum atomic E-state index is -0.133. The Morgan fingerprint density at radius 1 is 1.69 bits per heavy atom. The van der Waals surface area contributed by atoms with Crippen molar-refractivity contribution in [3.8, 4) is 0 Å². The lowest BCUT2D eigenvalue weighted by Gasteiger charge is -2.15. The van der Waals surface area contributed by atoms with Crippen LogP contribution in [0, 0.1) is 0 Å². The Kier molecular flexibility index (Phi) is 3.41. The average Bonchev–Trinajstić information content (AvgIpc) is 2.64. The van der Waals surface area contributed by atoms with Crippen molar-refractivity contribution in [2.45, 2.75) is 25.5 Å². The lowest BCUT2D eigenvalue weighted by molar-refractivity contribution is 0.0866. The number of ether oxygens (including phenoxy) is 1. The quantitative estimate of drug-likeness (QED) is 0.800. The molecule has 4 nitrogen and oxygen atoms in total. The SMILES string of the molecule is CC1OCCC1NC(=O)c1ccnc(Cl)c1. The van der Waals surface area contributed by atoms with Crippen LogP contribution in [0.1, 0.15) is 23.7 Å². The van der Waals surface area contributed by atoms with Crippen LogP contribution in [0.3, 0.4) is 0 Å². The van der Waals surface area contributed by atoms with E-state index < -0.39 is 0 Å². The van der Waals surface area contributed by atoms with Crippen molar-refractivity contribution in [3.63, 3.8) is 0 Å². The summed E-state index contributed by atoms with van der Waals surface area (Å²) in [6.07, 6.45) is 2.44. The summed E-state index contributed by atoms with van der Waals surface area (Å²) in [4.78, 5) is 15.7. The second kappa shape index (κ2) is 4.80. The minimum absolute atomic E-state index is 0.0706. The fourth-order valence-electron chi connectivity index (χ4n) is 1.72. The smallest absolute Gasteiger partial charge is 0.251 e. The third kappa shape index (κ3) is 2.51. The molecule has 2 heterocycles. The zero-order valence-corrected chi connectivity index (χ0v) is 9.70. The topological polar surface area (TPSA) is 51.2 Å². The zero-order chi connectivity index (χ0) is 11.5. The molecule has 2 atom stereocenters. The van der Waals surface area contributed by atoms with E-state index in [-0.39, 0.29) is 18.1 Å². The highest BCUT2D eigenvalue weighted by atomic mass is 35.5. The van der Waals surface area contributed by atoms with Gasteiger partial charge in [0.1, 0.15) is 5.15 Å². The molecular weight excluding hydrogens is 228 g/mol. The van der Waals surface area contributed by atoms with Crippen LogP contribution < -0.4 is 5.32 Å². The Morgan fingerprint density at radius 3 is 3.12 bits per heavy atom. The molecule has 5 heteroatoms. The maximum Gasteiger partial charge on any atom is 0.251 e. The van der Waals surface area contributed by atoms with E-state index in [4.69, 9.17) is 16.3 Å². The summed E-state index contributed by atoms with van der Waals surface area (Å²) in [6.45, 7) is 2.65. The van der Waals surface area contributed by atoms with Gasteiger partial charge in [-0.2, -0.15) is 0 Å². The van der Waals surface area contributed by atoms with Crippen LogP contribution in [0.25, 0.3) is 0 Å². The van der Waals surface area contributed by atoms with Crippen molar-refractivity contribution in [3.05, 3.63) is 29.0 Å². The van der Waals surface area contributed by atoms with Crippen LogP contribution in [-0.2, 0) is 4.74 Å². The van der Waals surface area contributed by atoms with E-state index in [1.165, 1.54) is 6.20 Å². The van der Waals surface area contributed by atoms with Gasteiger partial charge >= 0.3 is 0 Å². The predicted molar refractivity (Wildman–Crippen MR) is 60.5 cm³/mol. The molecule has 1 amide bonds. The molecule has 2 unspecified atom stereocenters. The van der Waals surface area contributed by atoms with Crippen molar-refractivity contribution >= 4 is 17.5 Å². The maximum atomic E-state index is 11.8. The largest absolute Gasteiger partial charge is 0.376 e. The molecule has 0 spiro atoms. The summed E-state index contributed by atoms with van der Waals surface area (Å²) < 4.78 is 5.37. The minimum Gasteiger partial charge on any atom is -0.376 e. The molecule has 16 heavy (non-hydrogen) atoms. The molecule has 1 N–H and O–H groups in total. The molecule has 0 aromatic carbocycles. The average molecular weight is 241 g/mol. The second-order valence-corrected chi connectivity index (χ2v) is 4.20. The van der Waals surface area contributed by atoms with E-state index in [0.29, 0.717) is 17.3 Å². The van der Waals surface area contributed by atoms with E-state index in [1.54, 1.807) is 12.1 Å². The molecule has 1 fully saturated rings. The van der Waals surface area contributed by atoms with Gasteiger partial charge in [-0.05, 0) is 25.5 Å². The second-order valence-electron chi connectivity index (χ2n) is 3.81. The van der Waals surface area contributed by atoms with Crippen LogP contribution in [0.15, 0.2) is 18.3 Å². The van der Waals surface area contributed by atoms with Crippen LogP contribution >= 0.6 is 11.6 Å². The first-order chi connectivity index (χ1) is 7.66. The number of nitrogens with one attached hydrogen (secondary N) is 1. The van der Waals surface area contributed by atoms with Gasteiger partial charge in [-0.3, -0.25) is 4.79 Å². The number of amides is 1. The van der Waals surface area contributed by atoms with Gasteiger partial charge in [0.25, 0.3) is 5.91 Å². The van der Waals surface area contributed by atoms with Crippen molar-refractivity contribution in [2.75, 3.05) is 6.61 Å². The lowest BCUT2D eigenvalue weighted by Crippen LogP contribution is -2.39. The van der Waals surface area contributed by atoms with E-state index in [2.05, 4.69) is 10.3 Å². The van der Waals surface area contributed by atoms with Gasteiger partial charge in [0.15, 0.2) is 0 Å². The number of rotatable bonds is 2. The summed E-state index contributed by atoms with van der Waals surface area (Å²) in [5.74, 6) is -0.133. The van der Waals surface area contributed by atoms with Crippen LogP contribution in [0.2, 0.25) is 5.15 Å². The monoisotopic (exact) mass is 240 g/mol. The summed E-state index contributed by atoms with van der Waals surface area (Å²) in [7, 11) is 0. The maximum absolute atomic E-state index is 11.8. The molecule has 0 bridgehead atoms. The summed E-state index contributed by atoms with van der Waals surface area (Å²) in [5, 5.41) is 3.24. The third-order valence-corrected chi connectivity index (χ3v) is 2.89. The zero-order valence-electron chi connectivity index (χ0n) is 8.94. The van der Waals surface area contributed by atoms with E-state index in [1.807, 2.05) is 6.92 Å². The number of nitrogens with zero attached hydrogens (tertiary/aromatic N) is 1. The van der Waals surface area contributed by atoms with Gasteiger partial charge < -0.3 is 10.1 Å². The number of hydrogen-bond donors (Lipinski definition) is 1. The Labute approximate surface area is 99.0 Å². The van der Waals surface area contributed by atoms with Gasteiger partial charge in [0.2, 0.25) is 0 Å². The molecule has 1 aliphatic rings. The van der Waals surface area contributed by atoms with Gasteiger partial charge in [0, 0.05) is 18.4 Å². The Morgan fingerprint density at radius 2 is 2.50 bits per heavy atom. The van der Waals surface area contributed by atoms with E-state index in [0.717, 1.165) is 6.42 Å². The Balaban J connectivity index is 2.03. The fraction of sp³-hybridized carbons (Fsp3) is 0.455. The van der Waals surface area contributed by atoms with Crippen LogP contribution in [0.5, 0.6) is 0 Å². The number of carbonyl (C=O) groups is 1. The van der Waals surface area contributed by atoms with Crippen molar-refractivity contribution in [1.82, 2.24) is 10.3 Å². The Hall–Kier alpha value is -1.13. The third-order valence-electron chi connectivity index (χ3n) is 2.68. The van der Waals surface area contributed by atoms with Gasteiger partial charge in [-0.25, -0.2) is 4.98 Å².